The third-order valence-corrected chi connectivity index (χ3v) is 6.05. The number of amides is 2. The summed E-state index contributed by atoms with van der Waals surface area (Å²) < 4.78 is 0. The molecule has 0 aliphatic carbocycles. The maximum atomic E-state index is 11.7. The van der Waals surface area contributed by atoms with Crippen LogP contribution in [0.15, 0.2) is 4.99 Å². The smallest absolute Gasteiger partial charge is 0.220 e. The van der Waals surface area contributed by atoms with Crippen LogP contribution in [-0.4, -0.2) is 73.4 Å². The summed E-state index contributed by atoms with van der Waals surface area (Å²) >= 11 is 0. The van der Waals surface area contributed by atoms with Crippen LogP contribution >= 0.6 is 24.0 Å². The largest absolute Gasteiger partial charge is 0.357 e. The summed E-state index contributed by atoms with van der Waals surface area (Å²) in [7, 11) is 0. The van der Waals surface area contributed by atoms with Crippen molar-refractivity contribution in [1.29, 1.82) is 0 Å². The van der Waals surface area contributed by atoms with Gasteiger partial charge in [-0.15, -0.1) is 24.0 Å². The molecule has 2 amide bonds. The van der Waals surface area contributed by atoms with Gasteiger partial charge < -0.3 is 20.4 Å². The standard InChI is InChI=1S/C19H33N5O2.HI/c1-3-20-18(21-12-16-5-9-23(10-6-16)15(2)25)24-8-4-7-19(14-24)11-17(26)22-13-19;/h16H,3-14H2,1-2H3,(H,20,21)(H,22,26);1H. The number of carbonyl (C=O) groups excluding carboxylic acids is 2. The lowest BCUT2D eigenvalue weighted by Crippen LogP contribution is -2.51. The van der Waals surface area contributed by atoms with Gasteiger partial charge in [-0.3, -0.25) is 14.6 Å². The normalized spacial score (nSPS) is 26.7. The van der Waals surface area contributed by atoms with Gasteiger partial charge in [-0.05, 0) is 38.5 Å². The molecular formula is C19H34IN5O2. The SMILES string of the molecule is CCNC(=NCC1CCN(C(C)=O)CC1)N1CCCC2(CNC(=O)C2)C1.I. The van der Waals surface area contributed by atoms with Gasteiger partial charge in [0, 0.05) is 64.6 Å². The zero-order valence-electron chi connectivity index (χ0n) is 16.6. The Morgan fingerprint density at radius 3 is 2.63 bits per heavy atom. The van der Waals surface area contributed by atoms with E-state index in [9.17, 15) is 9.59 Å². The topological polar surface area (TPSA) is 77.0 Å². The van der Waals surface area contributed by atoms with E-state index in [0.29, 0.717) is 12.3 Å². The molecule has 7 nitrogen and oxygen atoms in total. The van der Waals surface area contributed by atoms with E-state index in [4.69, 9.17) is 4.99 Å². The van der Waals surface area contributed by atoms with Crippen molar-refractivity contribution in [3.05, 3.63) is 0 Å². The van der Waals surface area contributed by atoms with E-state index in [2.05, 4.69) is 22.5 Å². The van der Waals surface area contributed by atoms with E-state index in [1.54, 1.807) is 6.92 Å². The fraction of sp³-hybridized carbons (Fsp3) is 0.842. The minimum atomic E-state index is 0. The Balaban J connectivity index is 0.00000261. The van der Waals surface area contributed by atoms with Crippen LogP contribution in [0.5, 0.6) is 0 Å². The van der Waals surface area contributed by atoms with E-state index < -0.39 is 0 Å². The Morgan fingerprint density at radius 1 is 1.30 bits per heavy atom. The van der Waals surface area contributed by atoms with Crippen LogP contribution in [-0.2, 0) is 9.59 Å². The molecule has 2 N–H and O–H groups in total. The summed E-state index contributed by atoms with van der Waals surface area (Å²) in [5, 5.41) is 6.45. The van der Waals surface area contributed by atoms with Crippen LogP contribution in [0.4, 0.5) is 0 Å². The lowest BCUT2D eigenvalue weighted by Gasteiger charge is -2.41. The van der Waals surface area contributed by atoms with Crippen LogP contribution in [0.25, 0.3) is 0 Å². The lowest BCUT2D eigenvalue weighted by molar-refractivity contribution is -0.130. The van der Waals surface area contributed by atoms with E-state index in [1.165, 1.54) is 0 Å². The molecule has 3 fully saturated rings. The van der Waals surface area contributed by atoms with Crippen molar-refractivity contribution in [3.8, 4) is 0 Å². The summed E-state index contributed by atoms with van der Waals surface area (Å²) in [6, 6.07) is 0. The maximum Gasteiger partial charge on any atom is 0.220 e. The summed E-state index contributed by atoms with van der Waals surface area (Å²) in [5.41, 5.74) is 0.0817. The molecule has 0 saturated carbocycles. The first kappa shape index (κ1) is 22.2. The Hall–Kier alpha value is -1.06. The Labute approximate surface area is 179 Å². The number of nitrogens with one attached hydrogen (secondary N) is 2. The third kappa shape index (κ3) is 5.71. The molecule has 3 saturated heterocycles. The van der Waals surface area contributed by atoms with Crippen LogP contribution < -0.4 is 10.6 Å². The number of hydrogen-bond donors (Lipinski definition) is 2. The predicted octanol–water partition coefficient (Wildman–Crippen LogP) is 1.43. The fourth-order valence-electron chi connectivity index (χ4n) is 4.50. The van der Waals surface area contributed by atoms with Gasteiger partial charge in [-0.25, -0.2) is 0 Å². The first-order chi connectivity index (χ1) is 12.5. The molecule has 0 aromatic rings. The molecule has 0 bridgehead atoms. The second-order valence-electron chi connectivity index (χ2n) is 8.12. The van der Waals surface area contributed by atoms with Gasteiger partial charge in [0.1, 0.15) is 0 Å². The number of likely N-dealkylation sites (tertiary alicyclic amines) is 2. The highest BCUT2D eigenvalue weighted by Crippen LogP contribution is 2.36. The number of halogens is 1. The second kappa shape index (κ2) is 9.93. The van der Waals surface area contributed by atoms with Crippen LogP contribution in [0.2, 0.25) is 0 Å². The van der Waals surface area contributed by atoms with Gasteiger partial charge in [0.2, 0.25) is 11.8 Å². The highest BCUT2D eigenvalue weighted by atomic mass is 127. The zero-order chi connectivity index (χ0) is 18.6. The van der Waals surface area contributed by atoms with Crippen molar-refractivity contribution < 1.29 is 9.59 Å². The molecule has 0 aromatic heterocycles. The summed E-state index contributed by atoms with van der Waals surface area (Å²) in [6.45, 7) is 9.82. The number of nitrogens with zero attached hydrogens (tertiary/aromatic N) is 3. The van der Waals surface area contributed by atoms with Crippen molar-refractivity contribution in [2.24, 2.45) is 16.3 Å². The van der Waals surface area contributed by atoms with E-state index in [1.807, 2.05) is 4.90 Å². The van der Waals surface area contributed by atoms with Gasteiger partial charge in [0.05, 0.1) is 0 Å². The quantitative estimate of drug-likeness (QED) is 0.356. The molecule has 1 spiro atoms. The van der Waals surface area contributed by atoms with Crippen molar-refractivity contribution in [3.63, 3.8) is 0 Å². The molecule has 8 heteroatoms. The van der Waals surface area contributed by atoms with Gasteiger partial charge in [-0.2, -0.15) is 0 Å². The number of carbonyl (C=O) groups is 2. The second-order valence-corrected chi connectivity index (χ2v) is 8.12. The molecule has 154 valence electrons. The Kier molecular flexibility index (Phi) is 8.18. The zero-order valence-corrected chi connectivity index (χ0v) is 19.0. The van der Waals surface area contributed by atoms with Crippen molar-refractivity contribution in [2.45, 2.75) is 46.0 Å². The van der Waals surface area contributed by atoms with E-state index in [-0.39, 0.29) is 41.2 Å². The average molecular weight is 491 g/mol. The monoisotopic (exact) mass is 491 g/mol. The maximum absolute atomic E-state index is 11.7. The van der Waals surface area contributed by atoms with Crippen molar-refractivity contribution >= 4 is 41.8 Å². The Bertz CT molecular complexity index is 562. The molecule has 1 unspecified atom stereocenters. The first-order valence-corrected chi connectivity index (χ1v) is 10.1. The summed E-state index contributed by atoms with van der Waals surface area (Å²) in [6.07, 6.45) is 4.93. The molecule has 0 radical (unpaired) electrons. The van der Waals surface area contributed by atoms with Gasteiger partial charge in [-0.1, -0.05) is 0 Å². The van der Waals surface area contributed by atoms with Crippen LogP contribution in [0, 0.1) is 11.3 Å². The summed E-state index contributed by atoms with van der Waals surface area (Å²) in [4.78, 5) is 32.4. The van der Waals surface area contributed by atoms with Gasteiger partial charge in [0.15, 0.2) is 5.96 Å². The number of hydrogen-bond acceptors (Lipinski definition) is 3. The molecule has 27 heavy (non-hydrogen) atoms. The molecule has 1 atom stereocenters. The minimum absolute atomic E-state index is 0. The number of aliphatic imine (C=N–C) groups is 1. The fourth-order valence-corrected chi connectivity index (χ4v) is 4.50. The van der Waals surface area contributed by atoms with E-state index in [0.717, 1.165) is 77.5 Å². The molecule has 3 aliphatic rings. The molecule has 0 aromatic carbocycles. The first-order valence-electron chi connectivity index (χ1n) is 10.1. The number of guanidine groups is 1. The number of piperidine rings is 2. The predicted molar refractivity (Wildman–Crippen MR) is 117 cm³/mol. The lowest BCUT2D eigenvalue weighted by atomic mass is 9.79. The molecule has 3 aliphatic heterocycles. The van der Waals surface area contributed by atoms with Gasteiger partial charge >= 0.3 is 0 Å². The molecule has 3 heterocycles. The number of rotatable bonds is 3. The molecule has 3 rings (SSSR count). The van der Waals surface area contributed by atoms with Gasteiger partial charge in [0.25, 0.3) is 0 Å². The van der Waals surface area contributed by atoms with Crippen molar-refractivity contribution in [2.75, 3.05) is 45.8 Å². The highest BCUT2D eigenvalue weighted by Gasteiger charge is 2.42. The summed E-state index contributed by atoms with van der Waals surface area (Å²) in [5.74, 6) is 1.90. The van der Waals surface area contributed by atoms with Crippen LogP contribution in [0.1, 0.15) is 46.0 Å². The third-order valence-electron chi connectivity index (χ3n) is 6.05. The van der Waals surface area contributed by atoms with Crippen molar-refractivity contribution in [1.82, 2.24) is 20.4 Å². The Morgan fingerprint density at radius 2 is 2.04 bits per heavy atom. The van der Waals surface area contributed by atoms with Crippen LogP contribution in [0.3, 0.4) is 0 Å². The average Bonchev–Trinajstić information content (AvgIpc) is 2.98. The van der Waals surface area contributed by atoms with E-state index >= 15 is 0 Å². The molecular weight excluding hydrogens is 457 g/mol. The highest BCUT2D eigenvalue weighted by molar-refractivity contribution is 14.0. The minimum Gasteiger partial charge on any atom is -0.357 e.